The summed E-state index contributed by atoms with van der Waals surface area (Å²) in [5, 5.41) is 18.6. The molecule has 0 bridgehead atoms. The van der Waals surface area contributed by atoms with E-state index in [0.717, 1.165) is 48.6 Å². The predicted octanol–water partition coefficient (Wildman–Crippen LogP) is 4.00. The average molecular weight is 386 g/mol. The Morgan fingerprint density at radius 2 is 2.11 bits per heavy atom. The van der Waals surface area contributed by atoms with Gasteiger partial charge in [0.25, 0.3) is 0 Å². The molecule has 0 radical (unpaired) electrons. The van der Waals surface area contributed by atoms with E-state index in [1.807, 2.05) is 16.9 Å². The summed E-state index contributed by atoms with van der Waals surface area (Å²) in [6, 6.07) is 6.81. The zero-order valence-electron chi connectivity index (χ0n) is 15.6. The molecule has 142 valence electrons. The SMILES string of the molecule is CC(C)CNCCCn1cc(-c2ccncn2)c(-c2cc(O)cc(Cl)c2)n1. The van der Waals surface area contributed by atoms with Gasteiger partial charge < -0.3 is 10.4 Å². The molecule has 0 atom stereocenters. The van der Waals surface area contributed by atoms with Gasteiger partial charge in [0.15, 0.2) is 0 Å². The minimum atomic E-state index is 0.110. The van der Waals surface area contributed by atoms with Gasteiger partial charge in [-0.3, -0.25) is 4.68 Å². The molecule has 0 spiro atoms. The monoisotopic (exact) mass is 385 g/mol. The van der Waals surface area contributed by atoms with Crippen molar-refractivity contribution in [2.75, 3.05) is 13.1 Å². The van der Waals surface area contributed by atoms with Gasteiger partial charge in [0.1, 0.15) is 17.8 Å². The smallest absolute Gasteiger partial charge is 0.117 e. The highest BCUT2D eigenvalue weighted by molar-refractivity contribution is 6.31. The number of aromatic nitrogens is 4. The molecule has 0 aliphatic carbocycles. The fourth-order valence-electron chi connectivity index (χ4n) is 2.85. The summed E-state index contributed by atoms with van der Waals surface area (Å²) >= 11 is 6.12. The minimum Gasteiger partial charge on any atom is -0.508 e. The molecule has 7 heteroatoms. The molecule has 27 heavy (non-hydrogen) atoms. The van der Waals surface area contributed by atoms with E-state index in [2.05, 4.69) is 29.1 Å². The van der Waals surface area contributed by atoms with Gasteiger partial charge >= 0.3 is 0 Å². The summed E-state index contributed by atoms with van der Waals surface area (Å²) < 4.78 is 1.92. The second-order valence-corrected chi connectivity index (χ2v) is 7.34. The first kappa shape index (κ1) is 19.3. The number of nitrogens with zero attached hydrogens (tertiary/aromatic N) is 4. The summed E-state index contributed by atoms with van der Waals surface area (Å²) in [5.41, 5.74) is 3.16. The van der Waals surface area contributed by atoms with E-state index in [1.54, 1.807) is 18.3 Å². The number of nitrogens with one attached hydrogen (secondary N) is 1. The van der Waals surface area contributed by atoms with Crippen LogP contribution in [0.2, 0.25) is 5.02 Å². The Bertz CT molecular complexity index is 859. The van der Waals surface area contributed by atoms with Crippen LogP contribution in [0.3, 0.4) is 0 Å². The maximum atomic E-state index is 9.92. The Kier molecular flexibility index (Phi) is 6.42. The number of hydrogen-bond donors (Lipinski definition) is 2. The third-order valence-electron chi connectivity index (χ3n) is 4.07. The minimum absolute atomic E-state index is 0.110. The van der Waals surface area contributed by atoms with Crippen molar-refractivity contribution in [3.05, 3.63) is 48.0 Å². The van der Waals surface area contributed by atoms with Gasteiger partial charge in [-0.15, -0.1) is 0 Å². The van der Waals surface area contributed by atoms with Crippen molar-refractivity contribution in [1.82, 2.24) is 25.1 Å². The van der Waals surface area contributed by atoms with E-state index in [-0.39, 0.29) is 5.75 Å². The number of phenols is 1. The Hall–Kier alpha value is -2.44. The van der Waals surface area contributed by atoms with Crippen LogP contribution in [0.5, 0.6) is 5.75 Å². The summed E-state index contributed by atoms with van der Waals surface area (Å²) in [6.07, 6.45) is 6.17. The molecular formula is C20H24ClN5O. The lowest BCUT2D eigenvalue weighted by atomic mass is 10.1. The number of phenolic OH excluding ortho intramolecular Hbond substituents is 1. The molecule has 0 saturated heterocycles. The highest BCUT2D eigenvalue weighted by Gasteiger charge is 2.15. The van der Waals surface area contributed by atoms with Gasteiger partial charge in [0.05, 0.1) is 5.69 Å². The van der Waals surface area contributed by atoms with Crippen LogP contribution in [-0.2, 0) is 6.54 Å². The number of benzene rings is 1. The molecule has 2 N–H and O–H groups in total. The lowest BCUT2D eigenvalue weighted by Gasteiger charge is -2.07. The molecule has 3 rings (SSSR count). The average Bonchev–Trinajstić information content (AvgIpc) is 3.05. The largest absolute Gasteiger partial charge is 0.508 e. The fraction of sp³-hybridized carbons (Fsp3) is 0.350. The summed E-state index contributed by atoms with van der Waals surface area (Å²) in [5.74, 6) is 0.750. The quantitative estimate of drug-likeness (QED) is 0.573. The van der Waals surface area contributed by atoms with E-state index in [1.165, 1.54) is 12.4 Å². The van der Waals surface area contributed by atoms with E-state index < -0.39 is 0 Å². The number of halogens is 1. The standard InChI is InChI=1S/C20H24ClN5O/c1-14(2)11-22-5-3-7-26-12-18(19-4-6-23-13-24-19)20(25-26)15-8-16(21)10-17(27)9-15/h4,6,8-10,12-14,22,27H,3,5,7,11H2,1-2H3. The van der Waals surface area contributed by atoms with Gasteiger partial charge in [-0.1, -0.05) is 25.4 Å². The molecular weight excluding hydrogens is 362 g/mol. The van der Waals surface area contributed by atoms with Gasteiger partial charge in [-0.05, 0) is 49.7 Å². The topological polar surface area (TPSA) is 75.9 Å². The second-order valence-electron chi connectivity index (χ2n) is 6.90. The van der Waals surface area contributed by atoms with Gasteiger partial charge in [-0.2, -0.15) is 5.10 Å². The van der Waals surface area contributed by atoms with Crippen LogP contribution in [0.4, 0.5) is 0 Å². The fourth-order valence-corrected chi connectivity index (χ4v) is 3.08. The first-order chi connectivity index (χ1) is 13.0. The van der Waals surface area contributed by atoms with Crippen molar-refractivity contribution >= 4 is 11.6 Å². The first-order valence-corrected chi connectivity index (χ1v) is 9.45. The molecule has 6 nitrogen and oxygen atoms in total. The van der Waals surface area contributed by atoms with Crippen LogP contribution >= 0.6 is 11.6 Å². The number of aryl methyl sites for hydroxylation is 1. The summed E-state index contributed by atoms with van der Waals surface area (Å²) in [7, 11) is 0. The maximum Gasteiger partial charge on any atom is 0.117 e. The van der Waals surface area contributed by atoms with E-state index >= 15 is 0 Å². The summed E-state index contributed by atoms with van der Waals surface area (Å²) in [6.45, 7) is 7.13. The number of rotatable bonds is 8. The highest BCUT2D eigenvalue weighted by atomic mass is 35.5. The van der Waals surface area contributed by atoms with E-state index in [0.29, 0.717) is 10.9 Å². The zero-order chi connectivity index (χ0) is 19.2. The van der Waals surface area contributed by atoms with Gasteiger partial charge in [-0.25, -0.2) is 9.97 Å². The molecule has 0 saturated carbocycles. The third kappa shape index (κ3) is 5.28. The molecule has 2 heterocycles. The normalized spacial score (nSPS) is 11.3. The Morgan fingerprint density at radius 3 is 2.81 bits per heavy atom. The maximum absolute atomic E-state index is 9.92. The molecule has 0 unspecified atom stereocenters. The molecule has 0 aliphatic rings. The van der Waals surface area contributed by atoms with Crippen LogP contribution in [0.25, 0.3) is 22.5 Å². The lowest BCUT2D eigenvalue weighted by molar-refractivity contribution is 0.475. The van der Waals surface area contributed by atoms with Crippen LogP contribution in [0.1, 0.15) is 20.3 Å². The van der Waals surface area contributed by atoms with Crippen LogP contribution < -0.4 is 5.32 Å². The first-order valence-electron chi connectivity index (χ1n) is 9.07. The molecule has 0 amide bonds. The number of aromatic hydroxyl groups is 1. The van der Waals surface area contributed by atoms with Crippen molar-refractivity contribution in [1.29, 1.82) is 0 Å². The summed E-state index contributed by atoms with van der Waals surface area (Å²) in [4.78, 5) is 8.34. The van der Waals surface area contributed by atoms with Crippen molar-refractivity contribution in [2.24, 2.45) is 5.92 Å². The number of hydrogen-bond acceptors (Lipinski definition) is 5. The van der Waals surface area contributed by atoms with Gasteiger partial charge in [0.2, 0.25) is 0 Å². The van der Waals surface area contributed by atoms with Crippen molar-refractivity contribution in [3.63, 3.8) is 0 Å². The van der Waals surface area contributed by atoms with Gasteiger partial charge in [0, 0.05) is 35.1 Å². The Labute approximate surface area is 164 Å². The second kappa shape index (κ2) is 8.97. The predicted molar refractivity (Wildman–Crippen MR) is 108 cm³/mol. The molecule has 2 aromatic heterocycles. The van der Waals surface area contributed by atoms with Crippen molar-refractivity contribution in [2.45, 2.75) is 26.8 Å². The zero-order valence-corrected chi connectivity index (χ0v) is 16.3. The molecule has 3 aromatic rings. The van der Waals surface area contributed by atoms with E-state index in [9.17, 15) is 5.11 Å². The Morgan fingerprint density at radius 1 is 1.26 bits per heavy atom. The third-order valence-corrected chi connectivity index (χ3v) is 4.29. The van der Waals surface area contributed by atoms with Crippen molar-refractivity contribution in [3.8, 4) is 28.3 Å². The Balaban J connectivity index is 1.86. The van der Waals surface area contributed by atoms with Crippen LogP contribution in [-0.4, -0.2) is 37.9 Å². The van der Waals surface area contributed by atoms with Crippen molar-refractivity contribution < 1.29 is 5.11 Å². The lowest BCUT2D eigenvalue weighted by Crippen LogP contribution is -2.21. The highest BCUT2D eigenvalue weighted by Crippen LogP contribution is 2.33. The molecule has 1 aromatic carbocycles. The van der Waals surface area contributed by atoms with E-state index in [4.69, 9.17) is 16.7 Å². The van der Waals surface area contributed by atoms with Crippen LogP contribution in [0, 0.1) is 5.92 Å². The van der Waals surface area contributed by atoms with Crippen LogP contribution in [0.15, 0.2) is 43.0 Å². The molecule has 0 fully saturated rings. The molecule has 0 aliphatic heterocycles.